The molecule has 8 heteroatoms. The number of anilines is 1. The molecule has 2 aromatic rings. The molecule has 1 heterocycles. The fraction of sp³-hybridized carbons (Fsp3) is 0.440. The lowest BCUT2D eigenvalue weighted by atomic mass is 9.95. The van der Waals surface area contributed by atoms with E-state index in [0.29, 0.717) is 19.0 Å². The summed E-state index contributed by atoms with van der Waals surface area (Å²) in [7, 11) is 1.76. The van der Waals surface area contributed by atoms with Gasteiger partial charge in [-0.15, -0.1) is 11.8 Å². The van der Waals surface area contributed by atoms with Crippen molar-refractivity contribution in [2.45, 2.75) is 31.2 Å². The number of amides is 2. The number of carbonyl (C=O) groups is 2. The number of benzene rings is 2. The van der Waals surface area contributed by atoms with Crippen LogP contribution >= 0.6 is 11.8 Å². The third-order valence-corrected chi connectivity index (χ3v) is 6.12. The van der Waals surface area contributed by atoms with E-state index in [1.54, 1.807) is 23.7 Å². The van der Waals surface area contributed by atoms with Crippen molar-refractivity contribution in [2.24, 2.45) is 5.92 Å². The van der Waals surface area contributed by atoms with Crippen molar-refractivity contribution in [3.8, 4) is 11.5 Å². The second-order valence-electron chi connectivity index (χ2n) is 8.47. The van der Waals surface area contributed by atoms with Crippen molar-refractivity contribution < 1.29 is 19.1 Å². The second kappa shape index (κ2) is 12.0. The predicted octanol–water partition coefficient (Wildman–Crippen LogP) is 3.95. The van der Waals surface area contributed by atoms with Gasteiger partial charge in [0, 0.05) is 11.3 Å². The average Bonchev–Trinajstić information content (AvgIpc) is 3.02. The first-order valence-electron chi connectivity index (χ1n) is 11.2. The number of likely N-dealkylation sites (N-methyl/N-ethyl adjacent to an activating group) is 1. The summed E-state index contributed by atoms with van der Waals surface area (Å²) in [6.45, 7) is 5.61. The number of carbonyl (C=O) groups excluding carboxylic acids is 2. The number of ether oxygens (including phenoxy) is 2. The monoisotopic (exact) mass is 471 g/mol. The predicted molar refractivity (Wildman–Crippen MR) is 132 cm³/mol. The molecule has 1 atom stereocenters. The van der Waals surface area contributed by atoms with Gasteiger partial charge in [0.2, 0.25) is 11.8 Å². The minimum absolute atomic E-state index is 0.116. The van der Waals surface area contributed by atoms with Gasteiger partial charge in [0.05, 0.1) is 38.0 Å². The molecule has 33 heavy (non-hydrogen) atoms. The number of nitrogens with zero attached hydrogens (tertiary/aromatic N) is 1. The standard InChI is InChI=1S/C25H33N3O4S/c1-17(2)25(18-10-11-20-21(14-18)32-13-7-12-31-20)27-24(30)16-28(3)15-23(29)26-19-8-5-6-9-22(19)33-4/h5-6,8-11,14,17,25H,7,12-13,15-16H2,1-4H3,(H,26,29)(H,27,30). The van der Waals surface area contributed by atoms with Crippen molar-refractivity contribution in [1.29, 1.82) is 0 Å². The Morgan fingerprint density at radius 1 is 1.03 bits per heavy atom. The Bertz CT molecular complexity index is 966. The number of nitrogens with one attached hydrogen (secondary N) is 2. The highest BCUT2D eigenvalue weighted by atomic mass is 32.2. The minimum Gasteiger partial charge on any atom is -0.490 e. The SMILES string of the molecule is CSc1ccccc1NC(=O)CN(C)CC(=O)NC(c1ccc2c(c1)OCCCO2)C(C)C. The van der Waals surface area contributed by atoms with Gasteiger partial charge < -0.3 is 20.1 Å². The summed E-state index contributed by atoms with van der Waals surface area (Å²) >= 11 is 1.57. The molecule has 3 rings (SSSR count). The van der Waals surface area contributed by atoms with Crippen LogP contribution in [-0.2, 0) is 9.59 Å². The molecule has 0 saturated heterocycles. The molecule has 0 spiro atoms. The summed E-state index contributed by atoms with van der Waals surface area (Å²) in [5.74, 6) is 1.33. The quantitative estimate of drug-likeness (QED) is 0.539. The minimum atomic E-state index is -0.176. The summed E-state index contributed by atoms with van der Waals surface area (Å²) in [4.78, 5) is 28.0. The zero-order valence-electron chi connectivity index (χ0n) is 19.7. The average molecular weight is 472 g/mol. The van der Waals surface area contributed by atoms with Crippen LogP contribution in [0.1, 0.15) is 31.9 Å². The Labute approximate surface area is 200 Å². The maximum absolute atomic E-state index is 12.8. The zero-order valence-corrected chi connectivity index (χ0v) is 20.5. The van der Waals surface area contributed by atoms with E-state index in [4.69, 9.17) is 9.47 Å². The van der Waals surface area contributed by atoms with Crippen LogP contribution < -0.4 is 20.1 Å². The van der Waals surface area contributed by atoms with Gasteiger partial charge in [-0.2, -0.15) is 0 Å². The zero-order chi connectivity index (χ0) is 23.8. The molecular weight excluding hydrogens is 438 g/mol. The van der Waals surface area contributed by atoms with Gasteiger partial charge in [-0.3, -0.25) is 14.5 Å². The molecule has 0 aromatic heterocycles. The van der Waals surface area contributed by atoms with E-state index >= 15 is 0 Å². The molecule has 7 nitrogen and oxygen atoms in total. The smallest absolute Gasteiger partial charge is 0.238 e. The molecule has 2 amide bonds. The van der Waals surface area contributed by atoms with Crippen LogP contribution in [0.15, 0.2) is 47.4 Å². The van der Waals surface area contributed by atoms with E-state index in [-0.39, 0.29) is 36.9 Å². The van der Waals surface area contributed by atoms with Crippen molar-refractivity contribution in [2.75, 3.05) is 44.9 Å². The Kier molecular flexibility index (Phi) is 9.03. The van der Waals surface area contributed by atoms with E-state index in [2.05, 4.69) is 24.5 Å². The summed E-state index contributed by atoms with van der Waals surface area (Å²) in [5, 5.41) is 6.04. The highest BCUT2D eigenvalue weighted by Gasteiger charge is 2.22. The molecule has 1 aliphatic heterocycles. The summed E-state index contributed by atoms with van der Waals surface area (Å²) in [6.07, 6.45) is 2.81. The maximum atomic E-state index is 12.8. The Morgan fingerprint density at radius 2 is 1.73 bits per heavy atom. The summed E-state index contributed by atoms with van der Waals surface area (Å²) in [6, 6.07) is 13.3. The van der Waals surface area contributed by atoms with Gasteiger partial charge in [0.25, 0.3) is 0 Å². The summed E-state index contributed by atoms with van der Waals surface area (Å²) < 4.78 is 11.5. The van der Waals surface area contributed by atoms with Gasteiger partial charge in [0.1, 0.15) is 0 Å². The Balaban J connectivity index is 1.57. The molecule has 2 aromatic carbocycles. The first-order chi connectivity index (χ1) is 15.9. The molecule has 0 fully saturated rings. The molecule has 0 aliphatic carbocycles. The maximum Gasteiger partial charge on any atom is 0.238 e. The number of fused-ring (bicyclic) bond motifs is 1. The molecule has 0 bridgehead atoms. The lowest BCUT2D eigenvalue weighted by Crippen LogP contribution is -2.41. The molecule has 0 radical (unpaired) electrons. The lowest BCUT2D eigenvalue weighted by molar-refractivity contribution is -0.123. The van der Waals surface area contributed by atoms with E-state index < -0.39 is 0 Å². The van der Waals surface area contributed by atoms with Gasteiger partial charge in [0.15, 0.2) is 11.5 Å². The van der Waals surface area contributed by atoms with Gasteiger partial charge in [-0.25, -0.2) is 0 Å². The first-order valence-corrected chi connectivity index (χ1v) is 12.4. The third-order valence-electron chi connectivity index (χ3n) is 5.32. The van der Waals surface area contributed by atoms with Crippen LogP contribution in [0.5, 0.6) is 11.5 Å². The highest BCUT2D eigenvalue weighted by Crippen LogP contribution is 2.34. The highest BCUT2D eigenvalue weighted by molar-refractivity contribution is 7.98. The van der Waals surface area contributed by atoms with Crippen molar-refractivity contribution in [3.63, 3.8) is 0 Å². The van der Waals surface area contributed by atoms with Crippen LogP contribution in [0, 0.1) is 5.92 Å². The van der Waals surface area contributed by atoms with Crippen molar-refractivity contribution in [1.82, 2.24) is 10.2 Å². The normalized spacial score (nSPS) is 14.0. The molecule has 1 unspecified atom stereocenters. The van der Waals surface area contributed by atoms with Gasteiger partial charge in [-0.1, -0.05) is 32.0 Å². The number of hydrogen-bond donors (Lipinski definition) is 2. The van der Waals surface area contributed by atoms with E-state index in [0.717, 1.165) is 28.3 Å². The third kappa shape index (κ3) is 7.14. The first kappa shape index (κ1) is 24.9. The molecule has 1 aliphatic rings. The molecule has 0 saturated carbocycles. The van der Waals surface area contributed by atoms with E-state index in [1.165, 1.54) is 0 Å². The molecule has 178 valence electrons. The van der Waals surface area contributed by atoms with Gasteiger partial charge >= 0.3 is 0 Å². The molecular formula is C25H33N3O4S. The second-order valence-corrected chi connectivity index (χ2v) is 9.31. The fourth-order valence-corrected chi connectivity index (χ4v) is 4.26. The molecule has 2 N–H and O–H groups in total. The van der Waals surface area contributed by atoms with Crippen LogP contribution in [0.2, 0.25) is 0 Å². The van der Waals surface area contributed by atoms with Crippen molar-refractivity contribution >= 4 is 29.3 Å². The lowest BCUT2D eigenvalue weighted by Gasteiger charge is -2.25. The number of para-hydroxylation sites is 1. The number of rotatable bonds is 9. The topological polar surface area (TPSA) is 79.9 Å². The van der Waals surface area contributed by atoms with Crippen molar-refractivity contribution in [3.05, 3.63) is 48.0 Å². The van der Waals surface area contributed by atoms with Crippen LogP contribution in [-0.4, -0.2) is 56.3 Å². The fourth-order valence-electron chi connectivity index (χ4n) is 3.71. The van der Waals surface area contributed by atoms with Gasteiger partial charge in [-0.05, 0) is 49.1 Å². The van der Waals surface area contributed by atoms with Crippen LogP contribution in [0.3, 0.4) is 0 Å². The Morgan fingerprint density at radius 3 is 2.45 bits per heavy atom. The Hall–Kier alpha value is -2.71. The summed E-state index contributed by atoms with van der Waals surface area (Å²) in [5.41, 5.74) is 1.75. The largest absolute Gasteiger partial charge is 0.490 e. The van der Waals surface area contributed by atoms with Crippen LogP contribution in [0.4, 0.5) is 5.69 Å². The van der Waals surface area contributed by atoms with Crippen LogP contribution in [0.25, 0.3) is 0 Å². The number of hydrogen-bond acceptors (Lipinski definition) is 6. The van der Waals surface area contributed by atoms with E-state index in [9.17, 15) is 9.59 Å². The van der Waals surface area contributed by atoms with E-state index in [1.807, 2.05) is 48.7 Å². The number of thioether (sulfide) groups is 1.